The van der Waals surface area contributed by atoms with E-state index in [1.807, 2.05) is 11.8 Å². The van der Waals surface area contributed by atoms with Gasteiger partial charge in [-0.2, -0.15) is 11.8 Å². The molecule has 0 aromatic rings. The lowest BCUT2D eigenvalue weighted by molar-refractivity contribution is -0.899. The predicted molar refractivity (Wildman–Crippen MR) is 93.1 cm³/mol. The molecule has 3 aliphatic heterocycles. The van der Waals surface area contributed by atoms with Gasteiger partial charge in [0.2, 0.25) is 0 Å². The van der Waals surface area contributed by atoms with Crippen LogP contribution in [0, 0.1) is 23.2 Å². The van der Waals surface area contributed by atoms with Gasteiger partial charge < -0.3 is 14.4 Å². The van der Waals surface area contributed by atoms with Gasteiger partial charge in [-0.15, -0.1) is 0 Å². The lowest BCUT2D eigenvalue weighted by Crippen LogP contribution is -3.14. The number of quaternary nitrogens is 1. The van der Waals surface area contributed by atoms with Crippen LogP contribution in [0.2, 0.25) is 0 Å². The van der Waals surface area contributed by atoms with Crippen molar-refractivity contribution in [1.29, 1.82) is 0 Å². The SMILES string of the molecule is C[C@H]1CCC[C@]2(C)C[C@H]3OC(=O)[C@H](C[NH+]4CCSCC4)[C@H]3[C@@H]3O[C@@]132. The van der Waals surface area contributed by atoms with Gasteiger partial charge in [-0.3, -0.25) is 4.79 Å². The second-order valence-electron chi connectivity index (χ2n) is 9.12. The molecule has 2 aliphatic carbocycles. The Hall–Kier alpha value is -0.260. The topological polar surface area (TPSA) is 43.3 Å². The lowest BCUT2D eigenvalue weighted by Gasteiger charge is -2.48. The Morgan fingerprint density at radius 1 is 1.33 bits per heavy atom. The Bertz CT molecular complexity index is 551. The van der Waals surface area contributed by atoms with Crippen LogP contribution in [0.15, 0.2) is 0 Å². The van der Waals surface area contributed by atoms with E-state index in [4.69, 9.17) is 9.47 Å². The van der Waals surface area contributed by atoms with Gasteiger partial charge in [-0.1, -0.05) is 20.3 Å². The first-order valence-electron chi connectivity index (χ1n) is 9.85. The molecule has 5 aliphatic rings. The van der Waals surface area contributed by atoms with Crippen LogP contribution < -0.4 is 4.90 Å². The molecule has 3 heterocycles. The van der Waals surface area contributed by atoms with Crippen molar-refractivity contribution in [2.45, 2.75) is 57.3 Å². The van der Waals surface area contributed by atoms with Crippen molar-refractivity contribution in [3.05, 3.63) is 0 Å². The fourth-order valence-corrected chi connectivity index (χ4v) is 7.71. The van der Waals surface area contributed by atoms with Crippen molar-refractivity contribution in [1.82, 2.24) is 0 Å². The molecule has 7 atom stereocenters. The van der Waals surface area contributed by atoms with Gasteiger partial charge in [-0.25, -0.2) is 0 Å². The molecule has 5 rings (SSSR count). The third-order valence-electron chi connectivity index (χ3n) is 7.90. The number of ether oxygens (including phenoxy) is 2. The van der Waals surface area contributed by atoms with Gasteiger partial charge in [0.15, 0.2) is 0 Å². The van der Waals surface area contributed by atoms with E-state index < -0.39 is 0 Å². The summed E-state index contributed by atoms with van der Waals surface area (Å²) in [5.41, 5.74) is 0.256. The quantitative estimate of drug-likeness (QED) is 0.598. The van der Waals surface area contributed by atoms with Crippen molar-refractivity contribution < 1.29 is 19.2 Å². The van der Waals surface area contributed by atoms with E-state index in [2.05, 4.69) is 13.8 Å². The summed E-state index contributed by atoms with van der Waals surface area (Å²) in [5.74, 6) is 3.52. The maximum absolute atomic E-state index is 12.7. The highest BCUT2D eigenvalue weighted by Gasteiger charge is 2.78. The first-order chi connectivity index (χ1) is 11.6. The molecule has 0 radical (unpaired) electrons. The zero-order valence-corrected chi connectivity index (χ0v) is 15.7. The molecule has 3 saturated heterocycles. The number of nitrogens with one attached hydrogen (secondary N) is 1. The smallest absolute Gasteiger partial charge is 0.315 e. The van der Waals surface area contributed by atoms with Crippen molar-refractivity contribution in [3.8, 4) is 0 Å². The summed E-state index contributed by atoms with van der Waals surface area (Å²) < 4.78 is 12.4. The summed E-state index contributed by atoms with van der Waals surface area (Å²) in [6, 6.07) is 0. The minimum Gasteiger partial charge on any atom is -0.462 e. The zero-order chi connectivity index (χ0) is 16.5. The molecular formula is C19H30NO3S+. The lowest BCUT2D eigenvalue weighted by atomic mass is 9.53. The average Bonchev–Trinajstić information content (AvgIpc) is 3.24. The van der Waals surface area contributed by atoms with Crippen molar-refractivity contribution in [2.75, 3.05) is 31.1 Å². The van der Waals surface area contributed by atoms with Crippen molar-refractivity contribution >= 4 is 17.7 Å². The summed E-state index contributed by atoms with van der Waals surface area (Å²) >= 11 is 2.04. The molecule has 5 fully saturated rings. The highest BCUT2D eigenvalue weighted by atomic mass is 32.2. The zero-order valence-electron chi connectivity index (χ0n) is 14.9. The molecule has 134 valence electrons. The molecule has 0 unspecified atom stereocenters. The van der Waals surface area contributed by atoms with Crippen LogP contribution in [-0.2, 0) is 14.3 Å². The van der Waals surface area contributed by atoms with Crippen LogP contribution in [0.5, 0.6) is 0 Å². The standard InChI is InChI=1S/C19H29NO3S/c1-12-4-3-5-18(2)10-14-15(16-19(12,18)23-16)13(17(21)22-14)11-20-6-8-24-9-7-20/h12-16H,3-11H2,1-2H3/p+1/t12-,13+,14+,15+,16-,18+,19-/m0/s1. The number of carbonyl (C=O) groups is 1. The number of epoxide rings is 1. The van der Waals surface area contributed by atoms with Gasteiger partial charge in [0.05, 0.1) is 25.7 Å². The van der Waals surface area contributed by atoms with Gasteiger partial charge in [0, 0.05) is 22.8 Å². The number of thioether (sulfide) groups is 1. The summed E-state index contributed by atoms with van der Waals surface area (Å²) in [6.07, 6.45) is 5.19. The molecule has 4 nitrogen and oxygen atoms in total. The number of esters is 1. The Kier molecular flexibility index (Phi) is 3.57. The van der Waals surface area contributed by atoms with Crippen LogP contribution in [0.25, 0.3) is 0 Å². The number of fused-ring (bicyclic) bond motifs is 2. The molecule has 0 aromatic heterocycles. The van der Waals surface area contributed by atoms with Gasteiger partial charge in [0.25, 0.3) is 0 Å². The molecule has 0 bridgehead atoms. The third-order valence-corrected chi connectivity index (χ3v) is 8.89. The van der Waals surface area contributed by atoms with Crippen molar-refractivity contribution in [3.63, 3.8) is 0 Å². The second-order valence-corrected chi connectivity index (χ2v) is 10.3. The molecule has 24 heavy (non-hydrogen) atoms. The number of rotatable bonds is 2. The fraction of sp³-hybridized carbons (Fsp3) is 0.947. The number of carbonyl (C=O) groups excluding carboxylic acids is 1. The van der Waals surface area contributed by atoms with E-state index in [9.17, 15) is 4.79 Å². The summed E-state index contributed by atoms with van der Waals surface area (Å²) in [6.45, 7) is 8.11. The Morgan fingerprint density at radius 2 is 2.12 bits per heavy atom. The molecule has 0 amide bonds. The van der Waals surface area contributed by atoms with E-state index in [1.165, 1.54) is 43.9 Å². The summed E-state index contributed by atoms with van der Waals surface area (Å²) in [5, 5.41) is 0. The van der Waals surface area contributed by atoms with E-state index in [0.717, 1.165) is 13.0 Å². The van der Waals surface area contributed by atoms with Crippen LogP contribution in [0.3, 0.4) is 0 Å². The maximum atomic E-state index is 12.7. The first-order valence-corrected chi connectivity index (χ1v) is 11.0. The number of hydrogen-bond donors (Lipinski definition) is 1. The molecule has 0 aromatic carbocycles. The third kappa shape index (κ3) is 2.04. The molecule has 1 spiro atoms. The van der Waals surface area contributed by atoms with Gasteiger partial charge in [0.1, 0.15) is 17.6 Å². The largest absolute Gasteiger partial charge is 0.462 e. The number of hydrogen-bond acceptors (Lipinski definition) is 4. The Balaban J connectivity index is 1.40. The fourth-order valence-electron chi connectivity index (χ4n) is 6.64. The maximum Gasteiger partial charge on any atom is 0.315 e. The normalized spacial score (nSPS) is 53.8. The van der Waals surface area contributed by atoms with Crippen molar-refractivity contribution in [2.24, 2.45) is 23.2 Å². The monoisotopic (exact) mass is 352 g/mol. The Labute approximate surface area is 149 Å². The summed E-state index contributed by atoms with van der Waals surface area (Å²) in [4.78, 5) is 14.3. The van der Waals surface area contributed by atoms with E-state index in [0.29, 0.717) is 11.8 Å². The minimum absolute atomic E-state index is 0.0474. The summed E-state index contributed by atoms with van der Waals surface area (Å²) in [7, 11) is 0. The second kappa shape index (κ2) is 5.37. The van der Waals surface area contributed by atoms with E-state index >= 15 is 0 Å². The van der Waals surface area contributed by atoms with Crippen LogP contribution in [0.1, 0.15) is 39.5 Å². The van der Waals surface area contributed by atoms with Gasteiger partial charge >= 0.3 is 5.97 Å². The minimum atomic E-state index is 0.0474. The first kappa shape index (κ1) is 16.0. The molecule has 1 N–H and O–H groups in total. The Morgan fingerprint density at radius 3 is 2.92 bits per heavy atom. The predicted octanol–water partition coefficient (Wildman–Crippen LogP) is 1.14. The highest BCUT2D eigenvalue weighted by molar-refractivity contribution is 7.99. The average molecular weight is 353 g/mol. The highest BCUT2D eigenvalue weighted by Crippen LogP contribution is 2.70. The molecule has 5 heteroatoms. The van der Waals surface area contributed by atoms with E-state index in [1.54, 1.807) is 4.90 Å². The molecule has 2 saturated carbocycles. The van der Waals surface area contributed by atoms with Gasteiger partial charge in [-0.05, 0) is 25.2 Å². The molecular weight excluding hydrogens is 322 g/mol. The van der Waals surface area contributed by atoms with Crippen LogP contribution in [0.4, 0.5) is 0 Å². The van der Waals surface area contributed by atoms with Crippen LogP contribution in [-0.4, -0.2) is 54.9 Å². The van der Waals surface area contributed by atoms with Crippen LogP contribution >= 0.6 is 11.8 Å². The van der Waals surface area contributed by atoms with E-state index in [-0.39, 0.29) is 35.1 Å².